The number of rotatable bonds is 4. The van der Waals surface area contributed by atoms with Crippen LogP contribution >= 0.6 is 0 Å². The number of amides is 2. The molecule has 2 aliphatic rings. The van der Waals surface area contributed by atoms with Crippen molar-refractivity contribution in [2.45, 2.75) is 31.7 Å². The highest BCUT2D eigenvalue weighted by molar-refractivity contribution is 5.95. The second-order valence-corrected chi connectivity index (χ2v) is 8.29. The van der Waals surface area contributed by atoms with Gasteiger partial charge in [0.05, 0.1) is 0 Å². The van der Waals surface area contributed by atoms with Gasteiger partial charge in [-0.2, -0.15) is 0 Å². The van der Waals surface area contributed by atoms with Crippen molar-refractivity contribution in [3.63, 3.8) is 0 Å². The van der Waals surface area contributed by atoms with E-state index in [9.17, 15) is 27.6 Å². The number of hydrogen-bond donors (Lipinski definition) is 0. The Morgan fingerprint density at radius 2 is 1.84 bits per heavy atom. The average molecular weight is 433 g/mol. The first-order chi connectivity index (χ1) is 14.6. The smallest absolute Gasteiger partial charge is 0.268 e. The predicted octanol–water partition coefficient (Wildman–Crippen LogP) is 2.61. The molecule has 0 N–H and O–H groups in total. The van der Waals surface area contributed by atoms with E-state index in [-0.39, 0.29) is 43.8 Å². The van der Waals surface area contributed by atoms with Crippen molar-refractivity contribution in [3.05, 3.63) is 63.3 Å². The normalized spacial score (nSPS) is 19.0. The van der Waals surface area contributed by atoms with Crippen LogP contribution in [0, 0.1) is 11.7 Å². The van der Waals surface area contributed by atoms with Crippen LogP contribution in [-0.2, 0) is 17.8 Å². The Labute approximate surface area is 176 Å². The fraction of sp³-hybridized carbons (Fsp3) is 0.409. The Bertz CT molecular complexity index is 1110. The van der Waals surface area contributed by atoms with Crippen LogP contribution in [0.1, 0.15) is 34.3 Å². The van der Waals surface area contributed by atoms with Gasteiger partial charge in [0.2, 0.25) is 5.91 Å². The molecule has 1 aliphatic heterocycles. The lowest BCUT2D eigenvalue weighted by molar-refractivity contribution is -0.133. The van der Waals surface area contributed by atoms with Crippen molar-refractivity contribution in [1.82, 2.24) is 14.4 Å². The van der Waals surface area contributed by atoms with Gasteiger partial charge in [0.15, 0.2) is 0 Å². The van der Waals surface area contributed by atoms with E-state index < -0.39 is 29.1 Å². The number of carbonyl (C=O) groups is 2. The molecule has 6 nitrogen and oxygen atoms in total. The van der Waals surface area contributed by atoms with Crippen molar-refractivity contribution in [2.24, 2.45) is 5.92 Å². The number of nitrogens with zero attached hydrogens (tertiary/aromatic N) is 3. The quantitative estimate of drug-likeness (QED) is 0.745. The van der Waals surface area contributed by atoms with Crippen LogP contribution in [0.5, 0.6) is 0 Å². The molecule has 4 rings (SSSR count). The molecule has 1 aliphatic carbocycles. The summed E-state index contributed by atoms with van der Waals surface area (Å²) in [5.74, 6) is -4.98. The molecular formula is C22H22F3N3O3. The van der Waals surface area contributed by atoms with Crippen molar-refractivity contribution < 1.29 is 22.8 Å². The lowest BCUT2D eigenvalue weighted by atomic mass is 9.95. The maximum absolute atomic E-state index is 13.3. The van der Waals surface area contributed by atoms with Gasteiger partial charge in [-0.15, -0.1) is 0 Å². The van der Waals surface area contributed by atoms with Crippen LogP contribution < -0.4 is 5.56 Å². The van der Waals surface area contributed by atoms with Gasteiger partial charge in [-0.1, -0.05) is 0 Å². The van der Waals surface area contributed by atoms with Crippen molar-refractivity contribution in [2.75, 3.05) is 20.6 Å². The van der Waals surface area contributed by atoms with Crippen molar-refractivity contribution in [1.29, 1.82) is 0 Å². The summed E-state index contributed by atoms with van der Waals surface area (Å²) in [4.78, 5) is 41.3. The van der Waals surface area contributed by atoms with E-state index in [0.29, 0.717) is 16.8 Å². The summed E-state index contributed by atoms with van der Waals surface area (Å²) < 4.78 is 41.0. The van der Waals surface area contributed by atoms with E-state index >= 15 is 0 Å². The van der Waals surface area contributed by atoms with Crippen LogP contribution in [0.3, 0.4) is 0 Å². The van der Waals surface area contributed by atoms with E-state index in [1.54, 1.807) is 6.20 Å². The monoisotopic (exact) mass is 433 g/mol. The Balaban J connectivity index is 1.73. The number of halogens is 3. The maximum atomic E-state index is 13.3. The highest BCUT2D eigenvalue weighted by Crippen LogP contribution is 2.50. The number of aromatic nitrogens is 1. The molecule has 2 aromatic rings. The molecule has 31 heavy (non-hydrogen) atoms. The number of benzene rings is 1. The third kappa shape index (κ3) is 3.96. The van der Waals surface area contributed by atoms with Gasteiger partial charge < -0.3 is 9.80 Å². The van der Waals surface area contributed by atoms with Gasteiger partial charge in [-0.25, -0.2) is 13.2 Å². The first kappa shape index (κ1) is 21.1. The zero-order valence-electron chi connectivity index (χ0n) is 17.2. The lowest BCUT2D eigenvalue weighted by Crippen LogP contribution is -2.41. The van der Waals surface area contributed by atoms with E-state index in [1.165, 1.54) is 52.7 Å². The zero-order valence-corrected chi connectivity index (χ0v) is 17.2. The van der Waals surface area contributed by atoms with E-state index in [0.717, 1.165) is 0 Å². The number of carbonyl (C=O) groups excluding carboxylic acids is 2. The number of fused-ring (bicyclic) bond motifs is 1. The van der Waals surface area contributed by atoms with Crippen LogP contribution in [0.4, 0.5) is 13.2 Å². The lowest BCUT2D eigenvalue weighted by Gasteiger charge is -2.31. The van der Waals surface area contributed by atoms with Gasteiger partial charge in [0.1, 0.15) is 11.4 Å². The second kappa shape index (κ2) is 7.55. The summed E-state index contributed by atoms with van der Waals surface area (Å²) in [5, 5.41) is 0. The summed E-state index contributed by atoms with van der Waals surface area (Å²) in [5.41, 5.74) is 1.01. The van der Waals surface area contributed by atoms with Gasteiger partial charge >= 0.3 is 0 Å². The largest absolute Gasteiger partial charge is 0.345 e. The Morgan fingerprint density at radius 1 is 1.19 bits per heavy atom. The molecule has 1 aromatic heterocycles. The highest BCUT2D eigenvalue weighted by atomic mass is 19.3. The zero-order chi connectivity index (χ0) is 22.5. The number of hydrogen-bond acceptors (Lipinski definition) is 3. The summed E-state index contributed by atoms with van der Waals surface area (Å²) in [7, 11) is 3.08. The summed E-state index contributed by atoms with van der Waals surface area (Å²) in [6.45, 7) is 0.361. The molecule has 9 heteroatoms. The fourth-order valence-electron chi connectivity index (χ4n) is 3.94. The first-order valence-corrected chi connectivity index (χ1v) is 9.99. The minimum absolute atomic E-state index is 0.00708. The molecule has 2 heterocycles. The molecule has 1 fully saturated rings. The van der Waals surface area contributed by atoms with Crippen LogP contribution in [0.2, 0.25) is 0 Å². The fourth-order valence-corrected chi connectivity index (χ4v) is 3.94. The first-order valence-electron chi connectivity index (χ1n) is 9.99. The predicted molar refractivity (Wildman–Crippen MR) is 107 cm³/mol. The minimum atomic E-state index is -2.77. The molecule has 0 spiro atoms. The van der Waals surface area contributed by atoms with E-state index in [2.05, 4.69) is 0 Å². The molecule has 0 saturated heterocycles. The van der Waals surface area contributed by atoms with Crippen LogP contribution in [-0.4, -0.2) is 52.7 Å². The van der Waals surface area contributed by atoms with Gasteiger partial charge in [0.25, 0.3) is 17.4 Å². The van der Waals surface area contributed by atoms with Crippen LogP contribution in [0.25, 0.3) is 5.69 Å². The molecule has 1 saturated carbocycles. The Hall–Kier alpha value is -3.10. The number of alkyl halides is 2. The molecule has 164 valence electrons. The third-order valence-corrected chi connectivity index (χ3v) is 5.85. The summed E-state index contributed by atoms with van der Waals surface area (Å²) in [6, 6.07) is 5.27. The summed E-state index contributed by atoms with van der Waals surface area (Å²) >= 11 is 0. The molecule has 0 bridgehead atoms. The number of pyridine rings is 1. The molecular weight excluding hydrogens is 411 g/mol. The van der Waals surface area contributed by atoms with Gasteiger partial charge in [-0.05, 0) is 41.8 Å². The molecule has 1 aromatic carbocycles. The van der Waals surface area contributed by atoms with Crippen molar-refractivity contribution >= 4 is 11.8 Å². The van der Waals surface area contributed by atoms with Crippen LogP contribution in [0.15, 0.2) is 35.3 Å². The SMILES string of the molecule is CN(C)C(=O)c1c2c(cn(-c3ccc(F)cc3)c1=O)CN(C(=O)CC1CC1(F)F)CC2. The minimum Gasteiger partial charge on any atom is -0.345 e. The standard InChI is InChI=1S/C22H22F3N3O3/c1-26(2)20(30)19-17-7-8-27(18(29)9-14-10-22(14,24)25)11-13(17)12-28(21(19)31)16-5-3-15(23)4-6-16/h3-6,12,14H,7-11H2,1-2H3. The summed E-state index contributed by atoms with van der Waals surface area (Å²) in [6.07, 6.45) is 1.33. The molecule has 2 amide bonds. The van der Waals surface area contributed by atoms with Crippen molar-refractivity contribution in [3.8, 4) is 5.69 Å². The van der Waals surface area contributed by atoms with Gasteiger partial charge in [0, 0.05) is 57.8 Å². The van der Waals surface area contributed by atoms with E-state index in [4.69, 9.17) is 0 Å². The van der Waals surface area contributed by atoms with Gasteiger partial charge in [-0.3, -0.25) is 19.0 Å². The van der Waals surface area contributed by atoms with E-state index in [1.807, 2.05) is 0 Å². The molecule has 1 atom stereocenters. The third-order valence-electron chi connectivity index (χ3n) is 5.85. The average Bonchev–Trinajstić information content (AvgIpc) is 3.32. The molecule has 1 unspecified atom stereocenters. The molecule has 0 radical (unpaired) electrons. The topological polar surface area (TPSA) is 62.6 Å². The Morgan fingerprint density at radius 3 is 2.42 bits per heavy atom. The second-order valence-electron chi connectivity index (χ2n) is 8.29. The Kier molecular flexibility index (Phi) is 5.15. The highest BCUT2D eigenvalue weighted by Gasteiger charge is 2.57. The maximum Gasteiger partial charge on any atom is 0.268 e.